The Kier molecular flexibility index (Phi) is 5.88. The van der Waals surface area contributed by atoms with E-state index < -0.39 is 39.8 Å². The molecule has 1 heterocycles. The SMILES string of the molecule is CCCCc1c[nH]c2ccc(Oc3c(C(F)(F)F)cc([N+](=O)[O-])cc3C(F)(F)F)cc12. The molecule has 0 saturated carbocycles. The van der Waals surface area contributed by atoms with Crippen LogP contribution >= 0.6 is 0 Å². The topological polar surface area (TPSA) is 68.2 Å². The van der Waals surface area contributed by atoms with Gasteiger partial charge in [-0.2, -0.15) is 26.3 Å². The number of fused-ring (bicyclic) bond motifs is 1. The quantitative estimate of drug-likeness (QED) is 0.246. The molecule has 11 heteroatoms. The number of non-ortho nitro benzene ring substituents is 1. The highest BCUT2D eigenvalue weighted by atomic mass is 19.4. The number of nitro benzene ring substituents is 1. The van der Waals surface area contributed by atoms with Crippen molar-refractivity contribution in [2.45, 2.75) is 38.5 Å². The molecule has 0 atom stereocenters. The van der Waals surface area contributed by atoms with Crippen LogP contribution in [0.3, 0.4) is 0 Å². The van der Waals surface area contributed by atoms with Gasteiger partial charge < -0.3 is 9.72 Å². The predicted molar refractivity (Wildman–Crippen MR) is 100 cm³/mol. The van der Waals surface area contributed by atoms with Gasteiger partial charge in [-0.05, 0) is 36.6 Å². The first kappa shape index (κ1) is 22.4. The van der Waals surface area contributed by atoms with E-state index in [1.54, 1.807) is 6.20 Å². The fourth-order valence-electron chi connectivity index (χ4n) is 3.16. The van der Waals surface area contributed by atoms with Crippen LogP contribution in [0.15, 0.2) is 36.5 Å². The molecule has 0 aliphatic heterocycles. The number of nitro groups is 1. The van der Waals surface area contributed by atoms with Gasteiger partial charge in [0, 0.05) is 29.2 Å². The van der Waals surface area contributed by atoms with E-state index in [1.807, 2.05) is 6.92 Å². The van der Waals surface area contributed by atoms with Crippen LogP contribution in [0.2, 0.25) is 0 Å². The maximum Gasteiger partial charge on any atom is 0.420 e. The Labute approximate surface area is 171 Å². The number of nitrogens with zero attached hydrogens (tertiary/aromatic N) is 1. The van der Waals surface area contributed by atoms with Crippen LogP contribution in [0.4, 0.5) is 32.0 Å². The van der Waals surface area contributed by atoms with Crippen LogP contribution in [-0.4, -0.2) is 9.91 Å². The number of benzene rings is 2. The number of nitrogens with one attached hydrogen (secondary N) is 1. The summed E-state index contributed by atoms with van der Waals surface area (Å²) in [5, 5.41) is 11.5. The van der Waals surface area contributed by atoms with Gasteiger partial charge in [0.25, 0.3) is 5.69 Å². The number of alkyl halides is 6. The zero-order chi connectivity index (χ0) is 23.0. The largest absolute Gasteiger partial charge is 0.456 e. The molecule has 0 aliphatic rings. The Balaban J connectivity index is 2.16. The van der Waals surface area contributed by atoms with Gasteiger partial charge >= 0.3 is 12.4 Å². The highest BCUT2D eigenvalue weighted by Crippen LogP contribution is 2.48. The van der Waals surface area contributed by atoms with E-state index in [4.69, 9.17) is 4.74 Å². The molecule has 0 unspecified atom stereocenters. The van der Waals surface area contributed by atoms with Gasteiger partial charge in [0.2, 0.25) is 0 Å². The number of unbranched alkanes of at least 4 members (excludes halogenated alkanes) is 1. The average molecular weight is 446 g/mol. The van der Waals surface area contributed by atoms with E-state index in [1.165, 1.54) is 18.2 Å². The van der Waals surface area contributed by atoms with Crippen molar-refractivity contribution >= 4 is 16.6 Å². The van der Waals surface area contributed by atoms with Crippen molar-refractivity contribution in [2.24, 2.45) is 0 Å². The summed E-state index contributed by atoms with van der Waals surface area (Å²) < 4.78 is 86.1. The van der Waals surface area contributed by atoms with E-state index >= 15 is 0 Å². The molecule has 0 radical (unpaired) electrons. The molecule has 0 amide bonds. The van der Waals surface area contributed by atoms with Crippen LogP contribution in [0, 0.1) is 10.1 Å². The molecule has 5 nitrogen and oxygen atoms in total. The molecule has 0 aliphatic carbocycles. The van der Waals surface area contributed by atoms with Crippen LogP contribution in [0.25, 0.3) is 10.9 Å². The minimum Gasteiger partial charge on any atom is -0.456 e. The van der Waals surface area contributed by atoms with Gasteiger partial charge in [-0.3, -0.25) is 10.1 Å². The number of ether oxygens (including phenoxy) is 1. The molecule has 3 aromatic rings. The zero-order valence-electron chi connectivity index (χ0n) is 16.0. The van der Waals surface area contributed by atoms with Crippen molar-refractivity contribution in [1.29, 1.82) is 0 Å². The van der Waals surface area contributed by atoms with Gasteiger partial charge in [0.05, 0.1) is 4.92 Å². The second-order valence-electron chi connectivity index (χ2n) is 6.85. The Morgan fingerprint density at radius 2 is 1.65 bits per heavy atom. The number of aryl methyl sites for hydroxylation is 1. The van der Waals surface area contributed by atoms with Gasteiger partial charge in [-0.1, -0.05) is 13.3 Å². The first-order valence-corrected chi connectivity index (χ1v) is 9.16. The van der Waals surface area contributed by atoms with Gasteiger partial charge in [-0.25, -0.2) is 0 Å². The molecule has 31 heavy (non-hydrogen) atoms. The fourth-order valence-corrected chi connectivity index (χ4v) is 3.16. The lowest BCUT2D eigenvalue weighted by atomic mass is 10.1. The number of hydrogen-bond acceptors (Lipinski definition) is 3. The zero-order valence-corrected chi connectivity index (χ0v) is 16.0. The van der Waals surface area contributed by atoms with E-state index in [0.29, 0.717) is 17.3 Å². The van der Waals surface area contributed by atoms with Crippen molar-refractivity contribution < 1.29 is 36.0 Å². The van der Waals surface area contributed by atoms with E-state index in [9.17, 15) is 36.5 Å². The lowest BCUT2D eigenvalue weighted by molar-refractivity contribution is -0.385. The molecule has 3 rings (SSSR count). The Morgan fingerprint density at radius 1 is 1.03 bits per heavy atom. The number of halogens is 6. The minimum absolute atomic E-state index is 0.0338. The van der Waals surface area contributed by atoms with Crippen molar-refractivity contribution in [3.05, 3.63) is 63.3 Å². The summed E-state index contributed by atoms with van der Waals surface area (Å²) >= 11 is 0. The maximum absolute atomic E-state index is 13.5. The molecule has 0 spiro atoms. The number of aromatic amines is 1. The first-order chi connectivity index (χ1) is 14.4. The van der Waals surface area contributed by atoms with Crippen LogP contribution in [0.5, 0.6) is 11.5 Å². The summed E-state index contributed by atoms with van der Waals surface area (Å²) in [6.07, 6.45) is -6.50. The molecule has 0 saturated heterocycles. The monoisotopic (exact) mass is 446 g/mol. The standard InChI is InChI=1S/C20H16F6N2O3/c1-2-3-4-11-10-27-17-6-5-13(9-14(11)17)31-18-15(19(21,22)23)7-12(28(29)30)8-16(18)20(24,25)26/h5-10,27H,2-4H2,1H3. The lowest BCUT2D eigenvalue weighted by Gasteiger charge is -2.19. The van der Waals surface area contributed by atoms with E-state index in [2.05, 4.69) is 4.98 Å². The van der Waals surface area contributed by atoms with Gasteiger partial charge in [-0.15, -0.1) is 0 Å². The Bertz CT molecular complexity index is 1080. The van der Waals surface area contributed by atoms with Crippen molar-refractivity contribution in [3.63, 3.8) is 0 Å². The predicted octanol–water partition coefficient (Wildman–Crippen LogP) is 7.25. The molecular weight excluding hydrogens is 430 g/mol. The normalized spacial score (nSPS) is 12.4. The molecular formula is C20H16F6N2O3. The Morgan fingerprint density at radius 3 is 2.16 bits per heavy atom. The number of aromatic nitrogens is 1. The summed E-state index contributed by atoms with van der Waals surface area (Å²) in [5.74, 6) is -1.79. The molecule has 166 valence electrons. The average Bonchev–Trinajstić information content (AvgIpc) is 3.06. The lowest BCUT2D eigenvalue weighted by Crippen LogP contribution is -2.15. The number of H-pyrrole nitrogens is 1. The third kappa shape index (κ3) is 4.75. The van der Waals surface area contributed by atoms with E-state index in [-0.39, 0.29) is 17.9 Å². The van der Waals surface area contributed by atoms with Crippen molar-refractivity contribution in [2.75, 3.05) is 0 Å². The third-order valence-electron chi connectivity index (χ3n) is 4.65. The van der Waals surface area contributed by atoms with Gasteiger partial charge in [0.1, 0.15) is 16.9 Å². The molecule has 2 aromatic carbocycles. The van der Waals surface area contributed by atoms with Crippen molar-refractivity contribution in [1.82, 2.24) is 4.98 Å². The maximum atomic E-state index is 13.5. The highest BCUT2D eigenvalue weighted by molar-refractivity contribution is 5.84. The summed E-state index contributed by atoms with van der Waals surface area (Å²) in [5.41, 5.74) is -3.61. The van der Waals surface area contributed by atoms with Crippen LogP contribution in [0.1, 0.15) is 36.5 Å². The van der Waals surface area contributed by atoms with Crippen LogP contribution in [-0.2, 0) is 18.8 Å². The van der Waals surface area contributed by atoms with E-state index in [0.717, 1.165) is 18.4 Å². The number of rotatable bonds is 6. The summed E-state index contributed by atoms with van der Waals surface area (Å²) in [7, 11) is 0. The minimum atomic E-state index is -5.31. The fraction of sp³-hybridized carbons (Fsp3) is 0.300. The molecule has 0 fully saturated rings. The molecule has 1 N–H and O–H groups in total. The highest BCUT2D eigenvalue weighted by Gasteiger charge is 2.44. The summed E-state index contributed by atoms with van der Waals surface area (Å²) in [4.78, 5) is 12.6. The smallest absolute Gasteiger partial charge is 0.420 e. The number of hydrogen-bond donors (Lipinski definition) is 1. The van der Waals surface area contributed by atoms with Crippen LogP contribution < -0.4 is 4.74 Å². The third-order valence-corrected chi connectivity index (χ3v) is 4.65. The first-order valence-electron chi connectivity index (χ1n) is 9.16. The van der Waals surface area contributed by atoms with Crippen molar-refractivity contribution in [3.8, 4) is 11.5 Å². The Hall–Kier alpha value is -3.24. The summed E-state index contributed by atoms with van der Waals surface area (Å²) in [6.45, 7) is 1.98. The second-order valence-corrected chi connectivity index (χ2v) is 6.85. The molecule has 0 bridgehead atoms. The second kappa shape index (κ2) is 8.12. The molecule has 1 aromatic heterocycles. The summed E-state index contributed by atoms with van der Waals surface area (Å²) in [6, 6.07) is 4.12. The van der Waals surface area contributed by atoms with Gasteiger partial charge in [0.15, 0.2) is 5.75 Å².